The number of aryl methyl sites for hydroxylation is 1. The summed E-state index contributed by atoms with van der Waals surface area (Å²) in [6.45, 7) is 7.91. The van der Waals surface area contributed by atoms with Crippen molar-refractivity contribution < 1.29 is 34.8 Å². The van der Waals surface area contributed by atoms with Gasteiger partial charge in [-0.3, -0.25) is 14.4 Å². The van der Waals surface area contributed by atoms with Crippen LogP contribution in [0.25, 0.3) is 5.76 Å². The second-order valence-electron chi connectivity index (χ2n) is 12.4. The van der Waals surface area contributed by atoms with Crippen LogP contribution in [0.15, 0.2) is 23.0 Å². The Kier molecular flexibility index (Phi) is 6.67. The van der Waals surface area contributed by atoms with Crippen molar-refractivity contribution in [2.75, 3.05) is 19.0 Å². The Labute approximate surface area is 222 Å². The fourth-order valence-corrected chi connectivity index (χ4v) is 6.44. The molecule has 1 aromatic carbocycles. The maximum absolute atomic E-state index is 13.8. The average molecular weight is 527 g/mol. The van der Waals surface area contributed by atoms with Crippen LogP contribution in [0, 0.1) is 23.2 Å². The zero-order chi connectivity index (χ0) is 28.5. The number of nitrogens with two attached hydrogens (primary N) is 1. The normalized spacial score (nSPS) is 27.2. The summed E-state index contributed by atoms with van der Waals surface area (Å²) in [5.74, 6) is -7.12. The van der Waals surface area contributed by atoms with E-state index in [1.165, 1.54) is 6.92 Å². The molecule has 0 aliphatic heterocycles. The highest BCUT2D eigenvalue weighted by molar-refractivity contribution is 6.23. The lowest BCUT2D eigenvalue weighted by Crippen LogP contribution is -2.61. The summed E-state index contributed by atoms with van der Waals surface area (Å²) in [4.78, 5) is 40.5. The molecule has 6 N–H and O–H groups in total. The molecular weight excluding hydrogens is 488 g/mol. The number of amides is 1. The Bertz CT molecular complexity index is 1300. The van der Waals surface area contributed by atoms with Crippen LogP contribution < -0.4 is 10.6 Å². The van der Waals surface area contributed by atoms with Crippen LogP contribution in [0.5, 0.6) is 5.75 Å². The third-order valence-electron chi connectivity index (χ3n) is 8.44. The van der Waals surface area contributed by atoms with Crippen molar-refractivity contribution in [3.05, 3.63) is 39.7 Å². The Morgan fingerprint density at radius 2 is 1.82 bits per heavy atom. The van der Waals surface area contributed by atoms with E-state index in [9.17, 15) is 34.8 Å². The summed E-state index contributed by atoms with van der Waals surface area (Å²) in [6, 6.07) is 1.91. The Balaban J connectivity index is 1.89. The molecule has 4 atom stereocenters. The van der Waals surface area contributed by atoms with E-state index in [4.69, 9.17) is 5.73 Å². The molecule has 1 saturated carbocycles. The summed E-state index contributed by atoms with van der Waals surface area (Å²) in [5, 5.41) is 45.2. The van der Waals surface area contributed by atoms with Crippen molar-refractivity contribution in [3.63, 3.8) is 0 Å². The second kappa shape index (κ2) is 9.15. The van der Waals surface area contributed by atoms with E-state index in [0.717, 1.165) is 18.5 Å². The summed E-state index contributed by atoms with van der Waals surface area (Å²) < 4.78 is 0. The molecular formula is C29H38N2O7. The highest BCUT2D eigenvalue weighted by Crippen LogP contribution is 2.54. The van der Waals surface area contributed by atoms with Gasteiger partial charge < -0.3 is 31.1 Å². The van der Waals surface area contributed by atoms with Gasteiger partial charge in [-0.25, -0.2) is 0 Å². The van der Waals surface area contributed by atoms with Crippen molar-refractivity contribution >= 4 is 28.9 Å². The van der Waals surface area contributed by atoms with Crippen LogP contribution in [0.4, 0.5) is 5.69 Å². The van der Waals surface area contributed by atoms with E-state index < -0.39 is 57.9 Å². The van der Waals surface area contributed by atoms with Crippen LogP contribution in [0.2, 0.25) is 0 Å². The zero-order valence-corrected chi connectivity index (χ0v) is 22.9. The van der Waals surface area contributed by atoms with E-state index in [0.29, 0.717) is 17.5 Å². The van der Waals surface area contributed by atoms with E-state index in [-0.39, 0.29) is 35.1 Å². The number of phenolic OH excluding ortho intramolecular Hbond substituents is 1. The molecule has 0 radical (unpaired) electrons. The second-order valence-corrected chi connectivity index (χ2v) is 12.4. The number of benzene rings is 1. The first-order valence-corrected chi connectivity index (χ1v) is 13.1. The van der Waals surface area contributed by atoms with Crippen molar-refractivity contribution in [1.82, 2.24) is 0 Å². The molecule has 1 fully saturated rings. The zero-order valence-electron chi connectivity index (χ0n) is 22.9. The van der Waals surface area contributed by atoms with Crippen LogP contribution in [-0.2, 0) is 27.2 Å². The van der Waals surface area contributed by atoms with Crippen LogP contribution in [0.3, 0.4) is 0 Å². The van der Waals surface area contributed by atoms with Crippen molar-refractivity contribution in [1.29, 1.82) is 0 Å². The van der Waals surface area contributed by atoms with Gasteiger partial charge in [-0.15, -0.1) is 0 Å². The number of carbonyl (C=O) groups excluding carboxylic acids is 3. The molecule has 3 aliphatic carbocycles. The topological polar surface area (TPSA) is 161 Å². The smallest absolute Gasteiger partial charge is 0.255 e. The van der Waals surface area contributed by atoms with Gasteiger partial charge in [-0.2, -0.15) is 0 Å². The van der Waals surface area contributed by atoms with Gasteiger partial charge in [0, 0.05) is 37.2 Å². The first-order valence-electron chi connectivity index (χ1n) is 13.1. The number of ketones is 2. The van der Waals surface area contributed by atoms with Crippen molar-refractivity contribution in [2.24, 2.45) is 28.9 Å². The maximum atomic E-state index is 13.8. The van der Waals surface area contributed by atoms with Crippen molar-refractivity contribution in [2.45, 2.75) is 65.4 Å². The third-order valence-corrected chi connectivity index (χ3v) is 8.44. The molecule has 0 bridgehead atoms. The minimum Gasteiger partial charge on any atom is -0.508 e. The Morgan fingerprint density at radius 1 is 1.18 bits per heavy atom. The average Bonchev–Trinajstić information content (AvgIpc) is 2.79. The predicted octanol–water partition coefficient (Wildman–Crippen LogP) is 3.10. The number of primary amides is 1. The van der Waals surface area contributed by atoms with Gasteiger partial charge in [0.15, 0.2) is 11.4 Å². The molecule has 4 rings (SSSR count). The van der Waals surface area contributed by atoms with Gasteiger partial charge in [0.2, 0.25) is 5.78 Å². The standard InChI is InChI=1S/C29H38N2O7/c1-13-17-11-15-10-16-18(31(5)6)12-14(8-7-9-28(2,3)4)23(33)20(16)24(34)19(15)25(35)29(17,38)26(36)21(22(13)32)27(30)37/h12-13,15,17,33-34,36,38H,7-11H2,1-6H3,(H2,30,37)/t13-,15?,17?,29-/m0/s1. The van der Waals surface area contributed by atoms with Crippen LogP contribution in [0.1, 0.15) is 63.6 Å². The molecule has 9 heteroatoms. The monoisotopic (exact) mass is 526 g/mol. The van der Waals surface area contributed by atoms with E-state index >= 15 is 0 Å². The van der Waals surface area contributed by atoms with E-state index in [1.54, 1.807) is 0 Å². The lowest BCUT2D eigenvalue weighted by molar-refractivity contribution is -0.152. The van der Waals surface area contributed by atoms with Crippen molar-refractivity contribution in [3.8, 4) is 5.75 Å². The largest absolute Gasteiger partial charge is 0.508 e. The lowest BCUT2D eigenvalue weighted by Gasteiger charge is -2.48. The number of aromatic hydroxyl groups is 1. The number of nitrogens with zero attached hydrogens (tertiary/aromatic N) is 1. The summed E-state index contributed by atoms with van der Waals surface area (Å²) in [7, 11) is 3.73. The lowest BCUT2D eigenvalue weighted by atomic mass is 9.56. The molecule has 0 saturated heterocycles. The summed E-state index contributed by atoms with van der Waals surface area (Å²) in [5.41, 5.74) is 4.17. The van der Waals surface area contributed by atoms with Gasteiger partial charge in [0.25, 0.3) is 5.91 Å². The van der Waals surface area contributed by atoms with E-state index in [1.807, 2.05) is 25.1 Å². The van der Waals surface area contributed by atoms with Gasteiger partial charge in [0.1, 0.15) is 22.8 Å². The number of carbonyl (C=O) groups is 3. The van der Waals surface area contributed by atoms with Gasteiger partial charge in [-0.1, -0.05) is 27.7 Å². The summed E-state index contributed by atoms with van der Waals surface area (Å²) in [6.07, 6.45) is 2.68. The molecule has 1 aromatic rings. The molecule has 1 amide bonds. The fraction of sp³-hybridized carbons (Fsp3) is 0.552. The minimum atomic E-state index is -2.58. The number of fused-ring (bicyclic) bond motifs is 3. The first kappa shape index (κ1) is 27.7. The number of anilines is 1. The molecule has 38 heavy (non-hydrogen) atoms. The highest BCUT2D eigenvalue weighted by atomic mass is 16.3. The number of hydrogen-bond donors (Lipinski definition) is 5. The number of hydrogen-bond acceptors (Lipinski definition) is 8. The number of aliphatic hydroxyl groups is 3. The number of aliphatic hydroxyl groups excluding tert-OH is 2. The van der Waals surface area contributed by atoms with Gasteiger partial charge >= 0.3 is 0 Å². The predicted molar refractivity (Wildman–Crippen MR) is 143 cm³/mol. The summed E-state index contributed by atoms with van der Waals surface area (Å²) >= 11 is 0. The number of phenols is 1. The molecule has 3 aliphatic rings. The Morgan fingerprint density at radius 3 is 2.37 bits per heavy atom. The quantitative estimate of drug-likeness (QED) is 0.366. The van der Waals surface area contributed by atoms with Gasteiger partial charge in [-0.05, 0) is 60.6 Å². The van der Waals surface area contributed by atoms with Gasteiger partial charge in [0.05, 0.1) is 5.56 Å². The Hall–Kier alpha value is -3.33. The SMILES string of the molecule is C[C@@H]1C(=O)C(C(N)=O)=C(O)[C@@]2(O)C(=O)C3=C(O)c4c(O)c(CCCC(C)(C)C)cc(N(C)C)c4CC3CC12. The van der Waals surface area contributed by atoms with Crippen LogP contribution in [-0.4, -0.2) is 57.6 Å². The molecule has 206 valence electrons. The van der Waals surface area contributed by atoms with E-state index in [2.05, 4.69) is 20.8 Å². The molecule has 2 unspecified atom stereocenters. The number of rotatable bonds is 5. The first-order chi connectivity index (χ1) is 17.5. The molecule has 0 spiro atoms. The minimum absolute atomic E-state index is 0.102. The fourth-order valence-electron chi connectivity index (χ4n) is 6.44. The van der Waals surface area contributed by atoms with Crippen LogP contribution >= 0.6 is 0 Å². The highest BCUT2D eigenvalue weighted by Gasteiger charge is 2.62. The third kappa shape index (κ3) is 4.08. The molecule has 0 heterocycles. The number of Topliss-reactive ketones (excluding diaryl/α,β-unsaturated/α-hetero) is 2. The maximum Gasteiger partial charge on any atom is 0.255 e. The molecule has 0 aromatic heterocycles. The molecule has 9 nitrogen and oxygen atoms in total.